The molecule has 1 aliphatic rings. The maximum Gasteiger partial charge on any atom is 0.307 e. The predicted octanol–water partition coefficient (Wildman–Crippen LogP) is 1.96. The van der Waals surface area contributed by atoms with Crippen molar-refractivity contribution >= 4 is 5.97 Å². The summed E-state index contributed by atoms with van der Waals surface area (Å²) < 4.78 is 5.21. The zero-order chi connectivity index (χ0) is 13.6. The molecule has 0 amide bonds. The molecule has 1 fully saturated rings. The Morgan fingerprint density at radius 2 is 2.05 bits per heavy atom. The molecule has 2 aromatic rings. The van der Waals surface area contributed by atoms with Gasteiger partial charge in [-0.05, 0) is 17.5 Å². The van der Waals surface area contributed by atoms with E-state index in [9.17, 15) is 4.79 Å². The Bertz CT molecular complexity index is 621. The van der Waals surface area contributed by atoms with Gasteiger partial charge >= 0.3 is 5.97 Å². The average molecular weight is 259 g/mol. The number of carbonyl (C=O) groups is 1. The number of carboxylic acids is 1. The number of aromatic nitrogens is 3. The summed E-state index contributed by atoms with van der Waals surface area (Å²) in [6.45, 7) is 3.79. The van der Waals surface area contributed by atoms with Gasteiger partial charge in [-0.3, -0.25) is 9.78 Å². The molecule has 1 N–H and O–H groups in total. The Kier molecular flexibility index (Phi) is 2.41. The number of nitrogens with zero attached hydrogens (tertiary/aromatic N) is 3. The smallest absolute Gasteiger partial charge is 0.307 e. The molecule has 98 valence electrons. The van der Waals surface area contributed by atoms with Gasteiger partial charge < -0.3 is 9.63 Å². The second-order valence-electron chi connectivity index (χ2n) is 5.31. The Balaban J connectivity index is 1.90. The summed E-state index contributed by atoms with van der Waals surface area (Å²) in [5.74, 6) is -0.640. The molecule has 0 bridgehead atoms. The second-order valence-corrected chi connectivity index (χ2v) is 5.31. The van der Waals surface area contributed by atoms with Gasteiger partial charge in [0.05, 0.1) is 11.8 Å². The average Bonchev–Trinajstić information content (AvgIpc) is 2.76. The third kappa shape index (κ3) is 1.80. The van der Waals surface area contributed by atoms with E-state index in [1.54, 1.807) is 24.5 Å². The van der Waals surface area contributed by atoms with Crippen LogP contribution in [0.2, 0.25) is 0 Å². The molecule has 0 saturated heterocycles. The molecule has 0 aromatic carbocycles. The fraction of sp³-hybridized carbons (Fsp3) is 0.385. The molecule has 2 atom stereocenters. The van der Waals surface area contributed by atoms with Crippen LogP contribution in [0.1, 0.15) is 25.7 Å². The van der Waals surface area contributed by atoms with E-state index in [4.69, 9.17) is 9.63 Å². The fourth-order valence-electron chi connectivity index (χ4n) is 2.54. The van der Waals surface area contributed by atoms with Gasteiger partial charge in [0.1, 0.15) is 0 Å². The van der Waals surface area contributed by atoms with E-state index in [1.807, 2.05) is 13.8 Å². The van der Waals surface area contributed by atoms with Crippen molar-refractivity contribution in [3.8, 4) is 11.4 Å². The molecule has 0 radical (unpaired) electrons. The Morgan fingerprint density at radius 3 is 2.63 bits per heavy atom. The molecule has 0 spiro atoms. The van der Waals surface area contributed by atoms with Crippen molar-refractivity contribution in [2.45, 2.75) is 19.8 Å². The second kappa shape index (κ2) is 3.88. The van der Waals surface area contributed by atoms with Crippen LogP contribution in [0.5, 0.6) is 0 Å². The first-order valence-electron chi connectivity index (χ1n) is 5.98. The number of rotatable bonds is 3. The first-order valence-corrected chi connectivity index (χ1v) is 5.98. The normalized spacial score (nSPS) is 24.1. The SMILES string of the molecule is CC1(C)[C@@H](C(=O)O)[C@@H]1c1nc(-c2ccncc2)no1. The van der Waals surface area contributed by atoms with Crippen molar-refractivity contribution in [2.24, 2.45) is 11.3 Å². The highest BCUT2D eigenvalue weighted by Crippen LogP contribution is 2.64. The van der Waals surface area contributed by atoms with E-state index >= 15 is 0 Å². The molecular weight excluding hydrogens is 246 g/mol. The summed E-state index contributed by atoms with van der Waals surface area (Å²) >= 11 is 0. The van der Waals surface area contributed by atoms with Crippen LogP contribution in [0.15, 0.2) is 29.0 Å². The van der Waals surface area contributed by atoms with Crippen molar-refractivity contribution in [2.75, 3.05) is 0 Å². The van der Waals surface area contributed by atoms with E-state index < -0.39 is 11.9 Å². The van der Waals surface area contributed by atoms with Crippen LogP contribution >= 0.6 is 0 Å². The molecule has 2 aromatic heterocycles. The molecular formula is C13H13N3O3. The molecule has 19 heavy (non-hydrogen) atoms. The summed E-state index contributed by atoms with van der Waals surface area (Å²) in [6, 6.07) is 3.56. The van der Waals surface area contributed by atoms with Crippen LogP contribution in [-0.4, -0.2) is 26.2 Å². The van der Waals surface area contributed by atoms with Gasteiger partial charge in [0.15, 0.2) is 0 Å². The van der Waals surface area contributed by atoms with Crippen LogP contribution in [0.3, 0.4) is 0 Å². The van der Waals surface area contributed by atoms with Crippen LogP contribution < -0.4 is 0 Å². The fourth-order valence-corrected chi connectivity index (χ4v) is 2.54. The van der Waals surface area contributed by atoms with Crippen LogP contribution in [0.4, 0.5) is 0 Å². The van der Waals surface area contributed by atoms with Crippen LogP contribution in [0, 0.1) is 11.3 Å². The minimum absolute atomic E-state index is 0.215. The highest BCUT2D eigenvalue weighted by atomic mass is 16.5. The molecule has 3 rings (SSSR count). The maximum atomic E-state index is 11.1. The minimum Gasteiger partial charge on any atom is -0.481 e. The standard InChI is InChI=1S/C13H13N3O3/c1-13(2)8(9(13)12(17)18)11-15-10(16-19-11)7-3-5-14-6-4-7/h3-6,8-9H,1-2H3,(H,17,18)/t8-,9-/m1/s1. The van der Waals surface area contributed by atoms with Gasteiger partial charge in [0.2, 0.25) is 11.7 Å². The highest BCUT2D eigenvalue weighted by Gasteiger charge is 2.65. The topological polar surface area (TPSA) is 89.1 Å². The molecule has 0 aliphatic heterocycles. The number of hydrogen-bond acceptors (Lipinski definition) is 5. The number of hydrogen-bond donors (Lipinski definition) is 1. The Labute approximate surface area is 109 Å². The zero-order valence-electron chi connectivity index (χ0n) is 10.6. The first kappa shape index (κ1) is 11.8. The van der Waals surface area contributed by atoms with E-state index in [-0.39, 0.29) is 11.3 Å². The van der Waals surface area contributed by atoms with Gasteiger partial charge in [0, 0.05) is 18.0 Å². The third-order valence-corrected chi connectivity index (χ3v) is 3.74. The molecule has 2 heterocycles. The van der Waals surface area contributed by atoms with Crippen molar-refractivity contribution in [3.63, 3.8) is 0 Å². The Morgan fingerprint density at radius 1 is 1.37 bits per heavy atom. The molecule has 6 heteroatoms. The van der Waals surface area contributed by atoms with Crippen LogP contribution in [0.25, 0.3) is 11.4 Å². The Hall–Kier alpha value is -2.24. The van der Waals surface area contributed by atoms with Gasteiger partial charge in [-0.15, -0.1) is 0 Å². The number of carboxylic acid groups (broad SMARTS) is 1. The number of aliphatic carboxylic acids is 1. The van der Waals surface area contributed by atoms with E-state index in [0.717, 1.165) is 5.56 Å². The summed E-state index contributed by atoms with van der Waals surface area (Å²) in [7, 11) is 0. The minimum atomic E-state index is -0.821. The van der Waals surface area contributed by atoms with Crippen molar-refractivity contribution < 1.29 is 14.4 Å². The van der Waals surface area contributed by atoms with E-state index in [0.29, 0.717) is 11.7 Å². The first-order chi connectivity index (χ1) is 9.01. The van der Waals surface area contributed by atoms with Crippen molar-refractivity contribution in [1.29, 1.82) is 0 Å². The van der Waals surface area contributed by atoms with Gasteiger partial charge in [-0.25, -0.2) is 0 Å². The quantitative estimate of drug-likeness (QED) is 0.906. The lowest BCUT2D eigenvalue weighted by molar-refractivity contribution is -0.139. The van der Waals surface area contributed by atoms with Gasteiger partial charge in [-0.1, -0.05) is 19.0 Å². The summed E-state index contributed by atoms with van der Waals surface area (Å²) in [4.78, 5) is 19.4. The van der Waals surface area contributed by atoms with E-state index in [2.05, 4.69) is 15.1 Å². The summed E-state index contributed by atoms with van der Waals surface area (Å²) in [5, 5.41) is 13.0. The van der Waals surface area contributed by atoms with Crippen molar-refractivity contribution in [1.82, 2.24) is 15.1 Å². The van der Waals surface area contributed by atoms with E-state index in [1.165, 1.54) is 0 Å². The molecule has 1 aliphatic carbocycles. The monoisotopic (exact) mass is 259 g/mol. The lowest BCUT2D eigenvalue weighted by Crippen LogP contribution is -2.03. The van der Waals surface area contributed by atoms with Gasteiger partial charge in [0.25, 0.3) is 0 Å². The summed E-state index contributed by atoms with van der Waals surface area (Å²) in [5.41, 5.74) is 0.462. The van der Waals surface area contributed by atoms with Crippen molar-refractivity contribution in [3.05, 3.63) is 30.4 Å². The molecule has 0 unspecified atom stereocenters. The third-order valence-electron chi connectivity index (χ3n) is 3.74. The highest BCUT2D eigenvalue weighted by molar-refractivity contribution is 5.77. The predicted molar refractivity (Wildman–Crippen MR) is 65.2 cm³/mol. The number of pyridine rings is 1. The zero-order valence-corrected chi connectivity index (χ0v) is 10.6. The lowest BCUT2D eigenvalue weighted by atomic mass is 10.1. The summed E-state index contributed by atoms with van der Waals surface area (Å²) in [6.07, 6.45) is 3.29. The molecule has 1 saturated carbocycles. The molecule has 6 nitrogen and oxygen atoms in total. The van der Waals surface area contributed by atoms with Gasteiger partial charge in [-0.2, -0.15) is 4.98 Å². The lowest BCUT2D eigenvalue weighted by Gasteiger charge is -1.96. The maximum absolute atomic E-state index is 11.1. The van der Waals surface area contributed by atoms with Crippen LogP contribution in [-0.2, 0) is 4.79 Å². The largest absolute Gasteiger partial charge is 0.481 e.